The summed E-state index contributed by atoms with van der Waals surface area (Å²) < 4.78 is 0. The first kappa shape index (κ1) is 12.3. The van der Waals surface area contributed by atoms with Gasteiger partial charge >= 0.3 is 6.03 Å². The van der Waals surface area contributed by atoms with Crippen LogP contribution in [0.4, 0.5) is 4.79 Å². The molecule has 17 heavy (non-hydrogen) atoms. The number of hydrogen-bond donors (Lipinski definition) is 2. The van der Waals surface area contributed by atoms with Crippen molar-refractivity contribution in [2.45, 2.75) is 37.2 Å². The Hall–Kier alpha value is -1.16. The van der Waals surface area contributed by atoms with Gasteiger partial charge in [0.2, 0.25) is 0 Å². The molecule has 4 heteroatoms. The van der Waals surface area contributed by atoms with E-state index < -0.39 is 0 Å². The minimum Gasteiger partial charge on any atom is -0.334 e. The molecule has 0 unspecified atom stereocenters. The second-order valence-electron chi connectivity index (χ2n) is 5.25. The van der Waals surface area contributed by atoms with E-state index in [4.69, 9.17) is 0 Å². The summed E-state index contributed by atoms with van der Waals surface area (Å²) in [6, 6.07) is 8.25. The van der Waals surface area contributed by atoms with E-state index in [0.29, 0.717) is 0 Å². The molecule has 2 amide bonds. The number of amides is 2. The molecular weight excluding hydrogens is 232 g/mol. The third-order valence-electron chi connectivity index (χ3n) is 2.49. The van der Waals surface area contributed by atoms with Crippen LogP contribution in [-0.4, -0.2) is 17.3 Å². The molecule has 0 bridgehead atoms. The first-order valence-corrected chi connectivity index (χ1v) is 6.75. The number of thioether (sulfide) groups is 1. The van der Waals surface area contributed by atoms with Crippen LogP contribution in [0.15, 0.2) is 29.2 Å². The van der Waals surface area contributed by atoms with Crippen LogP contribution in [0.3, 0.4) is 0 Å². The highest BCUT2D eigenvalue weighted by molar-refractivity contribution is 7.99. The van der Waals surface area contributed by atoms with Crippen molar-refractivity contribution in [1.82, 2.24) is 10.6 Å². The lowest BCUT2D eigenvalue weighted by molar-refractivity contribution is 0.229. The molecule has 0 saturated carbocycles. The summed E-state index contributed by atoms with van der Waals surface area (Å²) in [5.41, 5.74) is 1.02. The molecule has 3 nitrogen and oxygen atoms in total. The molecule has 1 aliphatic rings. The zero-order chi connectivity index (χ0) is 12.5. The van der Waals surface area contributed by atoms with Crippen molar-refractivity contribution >= 4 is 17.8 Å². The number of carbonyl (C=O) groups excluding carboxylic acids is 1. The second-order valence-corrected chi connectivity index (χ2v) is 6.31. The summed E-state index contributed by atoms with van der Waals surface area (Å²) in [4.78, 5) is 13.1. The summed E-state index contributed by atoms with van der Waals surface area (Å²) >= 11 is 1.79. The van der Waals surface area contributed by atoms with E-state index in [1.807, 2.05) is 32.9 Å². The lowest BCUT2D eigenvalue weighted by Crippen LogP contribution is -2.47. The van der Waals surface area contributed by atoms with E-state index in [1.165, 1.54) is 10.5 Å². The third kappa shape index (κ3) is 3.16. The molecule has 1 aliphatic heterocycles. The SMILES string of the molecule is CC(C)(C)NC(=O)N[C@@H]1CSc2ccccc21. The summed E-state index contributed by atoms with van der Waals surface area (Å²) in [7, 11) is 0. The third-order valence-corrected chi connectivity index (χ3v) is 3.68. The second kappa shape index (κ2) is 4.61. The highest BCUT2D eigenvalue weighted by Crippen LogP contribution is 2.37. The molecule has 2 N–H and O–H groups in total. The molecule has 1 atom stereocenters. The van der Waals surface area contributed by atoms with Crippen molar-refractivity contribution in [3.63, 3.8) is 0 Å². The largest absolute Gasteiger partial charge is 0.334 e. The molecule has 1 aromatic carbocycles. The van der Waals surface area contributed by atoms with Crippen LogP contribution < -0.4 is 10.6 Å². The van der Waals surface area contributed by atoms with E-state index in [1.54, 1.807) is 11.8 Å². The zero-order valence-electron chi connectivity index (χ0n) is 10.4. The zero-order valence-corrected chi connectivity index (χ0v) is 11.2. The van der Waals surface area contributed by atoms with E-state index in [0.717, 1.165) is 5.75 Å². The maximum atomic E-state index is 11.8. The fourth-order valence-corrected chi connectivity index (χ4v) is 2.98. The Bertz CT molecular complexity index is 426. The topological polar surface area (TPSA) is 41.1 Å². The standard InChI is InChI=1S/C13H18N2OS/c1-13(2,3)15-12(16)14-10-8-17-11-7-5-4-6-9(10)11/h4-7,10H,8H2,1-3H3,(H2,14,15,16)/t10-/m1/s1. The van der Waals surface area contributed by atoms with Crippen LogP contribution in [0, 0.1) is 0 Å². The van der Waals surface area contributed by atoms with Gasteiger partial charge in [0.15, 0.2) is 0 Å². The lowest BCUT2D eigenvalue weighted by atomic mass is 10.1. The van der Waals surface area contributed by atoms with Crippen molar-refractivity contribution in [2.24, 2.45) is 0 Å². The summed E-state index contributed by atoms with van der Waals surface area (Å²) in [5, 5.41) is 5.94. The lowest BCUT2D eigenvalue weighted by Gasteiger charge is -2.22. The van der Waals surface area contributed by atoms with Crippen LogP contribution in [0.1, 0.15) is 32.4 Å². The minimum absolute atomic E-state index is 0.0974. The van der Waals surface area contributed by atoms with Gasteiger partial charge in [0, 0.05) is 16.2 Å². The quantitative estimate of drug-likeness (QED) is 0.804. The van der Waals surface area contributed by atoms with Crippen molar-refractivity contribution in [2.75, 3.05) is 5.75 Å². The average molecular weight is 250 g/mol. The van der Waals surface area contributed by atoms with E-state index >= 15 is 0 Å². The minimum atomic E-state index is -0.199. The Morgan fingerprint density at radius 3 is 2.76 bits per heavy atom. The van der Waals surface area contributed by atoms with Crippen molar-refractivity contribution in [3.8, 4) is 0 Å². The van der Waals surface area contributed by atoms with Crippen molar-refractivity contribution in [1.29, 1.82) is 0 Å². The summed E-state index contributed by atoms with van der Waals surface area (Å²) in [6.45, 7) is 5.93. The highest BCUT2D eigenvalue weighted by Gasteiger charge is 2.25. The fourth-order valence-electron chi connectivity index (χ4n) is 1.82. The first-order chi connectivity index (χ1) is 7.96. The predicted octanol–water partition coefficient (Wildman–Crippen LogP) is 2.93. The number of hydrogen-bond acceptors (Lipinski definition) is 2. The molecule has 2 rings (SSSR count). The maximum absolute atomic E-state index is 11.8. The van der Waals surface area contributed by atoms with Gasteiger partial charge in [0.1, 0.15) is 0 Å². The smallest absolute Gasteiger partial charge is 0.315 e. The molecular formula is C13H18N2OS. The molecule has 0 radical (unpaired) electrons. The maximum Gasteiger partial charge on any atom is 0.315 e. The summed E-state index contributed by atoms with van der Waals surface area (Å²) in [6.07, 6.45) is 0. The number of nitrogens with one attached hydrogen (secondary N) is 2. The van der Waals surface area contributed by atoms with Gasteiger partial charge in [-0.15, -0.1) is 11.8 Å². The Morgan fingerprint density at radius 1 is 1.35 bits per heavy atom. The number of benzene rings is 1. The van der Waals surface area contributed by atoms with Gasteiger partial charge in [0.05, 0.1) is 6.04 Å². The number of rotatable bonds is 1. The van der Waals surface area contributed by atoms with Crippen LogP contribution in [0.2, 0.25) is 0 Å². The molecule has 1 heterocycles. The van der Waals surface area contributed by atoms with Crippen LogP contribution in [-0.2, 0) is 0 Å². The van der Waals surface area contributed by atoms with Crippen LogP contribution in [0.5, 0.6) is 0 Å². The molecule has 0 aromatic heterocycles. The van der Waals surface area contributed by atoms with Gasteiger partial charge in [-0.1, -0.05) is 18.2 Å². The Kier molecular flexibility index (Phi) is 3.33. The van der Waals surface area contributed by atoms with Crippen molar-refractivity contribution < 1.29 is 4.79 Å². The van der Waals surface area contributed by atoms with Gasteiger partial charge in [-0.25, -0.2) is 4.79 Å². The molecule has 1 aromatic rings. The average Bonchev–Trinajstić information content (AvgIpc) is 2.59. The predicted molar refractivity (Wildman–Crippen MR) is 71.3 cm³/mol. The summed E-state index contributed by atoms with van der Waals surface area (Å²) in [5.74, 6) is 0.914. The Balaban J connectivity index is 2.00. The van der Waals surface area contributed by atoms with E-state index in [-0.39, 0.29) is 17.6 Å². The van der Waals surface area contributed by atoms with E-state index in [9.17, 15) is 4.79 Å². The molecule has 92 valence electrons. The fraction of sp³-hybridized carbons (Fsp3) is 0.462. The van der Waals surface area contributed by atoms with E-state index in [2.05, 4.69) is 22.8 Å². The molecule has 0 fully saturated rings. The van der Waals surface area contributed by atoms with Gasteiger partial charge in [0.25, 0.3) is 0 Å². The Labute approximate surface area is 106 Å². The number of carbonyl (C=O) groups is 1. The normalized spacial score (nSPS) is 18.6. The van der Waals surface area contributed by atoms with Gasteiger partial charge in [-0.2, -0.15) is 0 Å². The molecule has 0 spiro atoms. The van der Waals surface area contributed by atoms with Crippen LogP contribution in [0.25, 0.3) is 0 Å². The Morgan fingerprint density at radius 2 is 2.06 bits per heavy atom. The molecule has 0 aliphatic carbocycles. The van der Waals surface area contributed by atoms with Gasteiger partial charge < -0.3 is 10.6 Å². The van der Waals surface area contributed by atoms with Crippen LogP contribution >= 0.6 is 11.8 Å². The first-order valence-electron chi connectivity index (χ1n) is 5.76. The molecule has 0 saturated heterocycles. The number of fused-ring (bicyclic) bond motifs is 1. The monoisotopic (exact) mass is 250 g/mol. The van der Waals surface area contributed by atoms with Crippen molar-refractivity contribution in [3.05, 3.63) is 29.8 Å². The van der Waals surface area contributed by atoms with Gasteiger partial charge in [-0.05, 0) is 32.4 Å². The number of urea groups is 1. The van der Waals surface area contributed by atoms with Gasteiger partial charge in [-0.3, -0.25) is 0 Å². The highest BCUT2D eigenvalue weighted by atomic mass is 32.2.